The third-order valence-electron chi connectivity index (χ3n) is 4.34. The molecule has 144 valence electrons. The fourth-order valence-electron chi connectivity index (χ4n) is 2.77. The van der Waals surface area contributed by atoms with Gasteiger partial charge in [0, 0.05) is 45.3 Å². The number of nitrogens with one attached hydrogen (secondary N) is 3. The summed E-state index contributed by atoms with van der Waals surface area (Å²) in [6, 6.07) is -0.335. The number of halogens is 1. The van der Waals surface area contributed by atoms with E-state index in [1.165, 1.54) is 4.90 Å². The van der Waals surface area contributed by atoms with Crippen LogP contribution in [0.3, 0.4) is 0 Å². The first kappa shape index (κ1) is 21.9. The third-order valence-corrected chi connectivity index (χ3v) is 4.34. The van der Waals surface area contributed by atoms with Gasteiger partial charge in [0.25, 0.3) is 0 Å². The minimum absolute atomic E-state index is 0. The maximum atomic E-state index is 11.5. The number of urea groups is 1. The van der Waals surface area contributed by atoms with Crippen molar-refractivity contribution < 1.29 is 14.3 Å². The average molecular weight is 468 g/mol. The lowest BCUT2D eigenvalue weighted by Gasteiger charge is -2.41. The number of aliphatic imine (C=N–C) groups is 1. The van der Waals surface area contributed by atoms with Gasteiger partial charge in [0.2, 0.25) is 5.91 Å². The van der Waals surface area contributed by atoms with Gasteiger partial charge in [-0.15, -0.1) is 24.0 Å². The van der Waals surface area contributed by atoms with E-state index in [2.05, 4.69) is 39.7 Å². The molecule has 0 spiro atoms. The zero-order valence-electron chi connectivity index (χ0n) is 15.1. The second-order valence-corrected chi connectivity index (χ2v) is 6.47. The van der Waals surface area contributed by atoms with Crippen LogP contribution in [0.15, 0.2) is 4.99 Å². The zero-order chi connectivity index (χ0) is 17.6. The standard InChI is InChI=1S/C15H28N6O3.HI/c1-15(2,20-6-8-24-9-7-20)11-19-13(16-3)17-4-5-21-12(22)10-18-14(21)23;/h4-11H2,1-3H3,(H,18,23)(H2,16,17,19);1H. The van der Waals surface area contributed by atoms with E-state index in [0.29, 0.717) is 19.0 Å². The summed E-state index contributed by atoms with van der Waals surface area (Å²) < 4.78 is 5.40. The fraction of sp³-hybridized carbons (Fsp3) is 0.800. The Hall–Kier alpha value is -1.14. The second-order valence-electron chi connectivity index (χ2n) is 6.47. The average Bonchev–Trinajstić information content (AvgIpc) is 2.90. The first-order chi connectivity index (χ1) is 11.4. The molecule has 2 aliphatic rings. The van der Waals surface area contributed by atoms with Crippen LogP contribution in [0, 0.1) is 0 Å². The van der Waals surface area contributed by atoms with Crippen LogP contribution in [-0.4, -0.2) is 92.8 Å². The van der Waals surface area contributed by atoms with Gasteiger partial charge in [-0.05, 0) is 13.8 Å². The first-order valence-corrected chi connectivity index (χ1v) is 8.29. The van der Waals surface area contributed by atoms with E-state index in [-0.39, 0.29) is 48.0 Å². The van der Waals surface area contributed by atoms with Gasteiger partial charge >= 0.3 is 6.03 Å². The maximum absolute atomic E-state index is 11.5. The molecule has 0 aromatic heterocycles. The molecule has 3 amide bonds. The van der Waals surface area contributed by atoms with E-state index in [0.717, 1.165) is 32.8 Å². The highest BCUT2D eigenvalue weighted by atomic mass is 127. The number of hydrogen-bond donors (Lipinski definition) is 3. The summed E-state index contributed by atoms with van der Waals surface area (Å²) in [6.45, 7) is 9.34. The minimum Gasteiger partial charge on any atom is -0.379 e. The molecular weight excluding hydrogens is 439 g/mol. The van der Waals surface area contributed by atoms with Gasteiger partial charge in [0.15, 0.2) is 5.96 Å². The van der Waals surface area contributed by atoms with Crippen LogP contribution in [0.25, 0.3) is 0 Å². The van der Waals surface area contributed by atoms with E-state index < -0.39 is 0 Å². The van der Waals surface area contributed by atoms with Crippen molar-refractivity contribution in [3.8, 4) is 0 Å². The Morgan fingerprint density at radius 2 is 1.96 bits per heavy atom. The predicted octanol–water partition coefficient (Wildman–Crippen LogP) is -0.568. The van der Waals surface area contributed by atoms with Crippen LogP contribution in [0.4, 0.5) is 4.79 Å². The highest BCUT2D eigenvalue weighted by Gasteiger charge is 2.29. The smallest absolute Gasteiger partial charge is 0.324 e. The van der Waals surface area contributed by atoms with E-state index >= 15 is 0 Å². The van der Waals surface area contributed by atoms with Crippen molar-refractivity contribution in [3.05, 3.63) is 0 Å². The number of rotatable bonds is 6. The first-order valence-electron chi connectivity index (χ1n) is 8.29. The van der Waals surface area contributed by atoms with Crippen molar-refractivity contribution in [1.29, 1.82) is 0 Å². The largest absolute Gasteiger partial charge is 0.379 e. The molecule has 2 aliphatic heterocycles. The summed E-state index contributed by atoms with van der Waals surface area (Å²) in [6.07, 6.45) is 0. The Kier molecular flexibility index (Phi) is 8.86. The van der Waals surface area contributed by atoms with Gasteiger partial charge < -0.3 is 20.7 Å². The van der Waals surface area contributed by atoms with E-state index in [9.17, 15) is 9.59 Å². The molecule has 2 fully saturated rings. The van der Waals surface area contributed by atoms with Crippen LogP contribution in [0.5, 0.6) is 0 Å². The molecule has 0 saturated carbocycles. The number of carbonyl (C=O) groups excluding carboxylic acids is 2. The van der Waals surface area contributed by atoms with Crippen LogP contribution in [0.2, 0.25) is 0 Å². The van der Waals surface area contributed by atoms with Crippen molar-refractivity contribution in [1.82, 2.24) is 25.8 Å². The summed E-state index contributed by atoms with van der Waals surface area (Å²) in [5.74, 6) is 0.460. The van der Waals surface area contributed by atoms with Gasteiger partial charge in [-0.25, -0.2) is 4.79 Å². The van der Waals surface area contributed by atoms with Gasteiger partial charge in [-0.2, -0.15) is 0 Å². The second kappa shape index (κ2) is 10.1. The summed E-state index contributed by atoms with van der Waals surface area (Å²) in [5, 5.41) is 8.94. The summed E-state index contributed by atoms with van der Waals surface area (Å²) in [4.78, 5) is 30.8. The Morgan fingerprint density at radius 1 is 1.28 bits per heavy atom. The normalized spacial score (nSPS) is 19.5. The van der Waals surface area contributed by atoms with Crippen molar-refractivity contribution in [2.75, 3.05) is 59.5 Å². The van der Waals surface area contributed by atoms with Crippen molar-refractivity contribution in [2.24, 2.45) is 4.99 Å². The van der Waals surface area contributed by atoms with Crippen LogP contribution in [0.1, 0.15) is 13.8 Å². The third kappa shape index (κ3) is 6.26. The number of hydrogen-bond acceptors (Lipinski definition) is 5. The zero-order valence-corrected chi connectivity index (χ0v) is 17.5. The molecule has 10 heteroatoms. The summed E-state index contributed by atoms with van der Waals surface area (Å²) in [7, 11) is 1.70. The number of morpholine rings is 1. The van der Waals surface area contributed by atoms with Gasteiger partial charge in [0.1, 0.15) is 0 Å². The highest BCUT2D eigenvalue weighted by Crippen LogP contribution is 2.14. The number of imide groups is 1. The molecule has 2 heterocycles. The molecule has 0 unspecified atom stereocenters. The fourth-order valence-corrected chi connectivity index (χ4v) is 2.77. The predicted molar refractivity (Wildman–Crippen MR) is 106 cm³/mol. The lowest BCUT2D eigenvalue weighted by atomic mass is 10.0. The molecule has 2 rings (SSSR count). The van der Waals surface area contributed by atoms with Gasteiger partial charge in [-0.3, -0.25) is 19.6 Å². The molecular formula is C15H29IN6O3. The SMILES string of the molecule is CN=C(NCCN1C(=O)CNC1=O)NCC(C)(C)N1CCOCC1.I. The van der Waals surface area contributed by atoms with Crippen LogP contribution < -0.4 is 16.0 Å². The highest BCUT2D eigenvalue weighted by molar-refractivity contribution is 14.0. The minimum atomic E-state index is -0.335. The van der Waals surface area contributed by atoms with E-state index in [1.807, 2.05) is 0 Å². The molecule has 2 saturated heterocycles. The summed E-state index contributed by atoms with van der Waals surface area (Å²) in [5.41, 5.74) is -0.0216. The molecule has 0 bridgehead atoms. The number of amides is 3. The number of ether oxygens (including phenoxy) is 1. The number of nitrogens with zero attached hydrogens (tertiary/aromatic N) is 3. The molecule has 0 aromatic carbocycles. The molecule has 25 heavy (non-hydrogen) atoms. The van der Waals surface area contributed by atoms with E-state index in [4.69, 9.17) is 4.74 Å². The number of guanidine groups is 1. The lowest BCUT2D eigenvalue weighted by molar-refractivity contribution is -0.124. The number of carbonyl (C=O) groups is 2. The molecule has 0 radical (unpaired) electrons. The Balaban J connectivity index is 0.00000312. The Morgan fingerprint density at radius 3 is 2.52 bits per heavy atom. The molecule has 3 N–H and O–H groups in total. The molecule has 0 aromatic rings. The van der Waals surface area contributed by atoms with Gasteiger partial charge in [-0.1, -0.05) is 0 Å². The Bertz CT molecular complexity index is 478. The molecule has 0 aliphatic carbocycles. The van der Waals surface area contributed by atoms with Crippen molar-refractivity contribution in [3.63, 3.8) is 0 Å². The van der Waals surface area contributed by atoms with Gasteiger partial charge in [0.05, 0.1) is 19.8 Å². The monoisotopic (exact) mass is 468 g/mol. The van der Waals surface area contributed by atoms with Crippen molar-refractivity contribution in [2.45, 2.75) is 19.4 Å². The Labute approximate surface area is 165 Å². The van der Waals surface area contributed by atoms with Crippen LogP contribution >= 0.6 is 24.0 Å². The topological polar surface area (TPSA) is 98.3 Å². The maximum Gasteiger partial charge on any atom is 0.324 e. The van der Waals surface area contributed by atoms with Crippen molar-refractivity contribution >= 4 is 41.9 Å². The van der Waals surface area contributed by atoms with E-state index in [1.54, 1.807) is 7.05 Å². The quantitative estimate of drug-likeness (QED) is 0.209. The molecule has 0 atom stereocenters. The van der Waals surface area contributed by atoms with Crippen LogP contribution in [-0.2, 0) is 9.53 Å². The molecule has 9 nitrogen and oxygen atoms in total. The summed E-state index contributed by atoms with van der Waals surface area (Å²) >= 11 is 0. The lowest BCUT2D eigenvalue weighted by Crippen LogP contribution is -2.56.